The van der Waals surface area contributed by atoms with E-state index < -0.39 is 11.9 Å². The van der Waals surface area contributed by atoms with Gasteiger partial charge in [-0.3, -0.25) is 0 Å². The van der Waals surface area contributed by atoms with E-state index in [1.165, 1.54) is 41.0 Å². The number of carbonyl (C=O) groups excluding carboxylic acids is 2. The van der Waals surface area contributed by atoms with Crippen LogP contribution in [0, 0.1) is 0 Å². The van der Waals surface area contributed by atoms with Gasteiger partial charge in [-0.05, 0) is 62.6 Å². The number of anilines is 2. The van der Waals surface area contributed by atoms with Gasteiger partial charge in [-0.25, -0.2) is 19.1 Å². The minimum absolute atomic E-state index is 0.0689. The maximum Gasteiger partial charge on any atom is 0.347 e. The molecule has 1 aliphatic rings. The molecule has 0 radical (unpaired) electrons. The smallest absolute Gasteiger partial charge is 0.347 e. The van der Waals surface area contributed by atoms with E-state index >= 15 is 0 Å². The zero-order valence-corrected chi connectivity index (χ0v) is 23.9. The molecule has 0 atom stereocenters. The van der Waals surface area contributed by atoms with Crippen molar-refractivity contribution in [3.63, 3.8) is 0 Å². The molecule has 1 aliphatic heterocycles. The van der Waals surface area contributed by atoms with Crippen LogP contribution in [0.5, 0.6) is 0 Å². The molecule has 0 bridgehead atoms. The zero-order chi connectivity index (χ0) is 26.6. The number of nitrogens with zero attached hydrogens (tertiary/aromatic N) is 3. The zero-order valence-electron chi connectivity index (χ0n) is 23.1. The molecule has 0 fully saturated rings. The van der Waals surface area contributed by atoms with E-state index in [0.717, 1.165) is 51.0 Å². The fraction of sp³-hybridized carbons (Fsp3) is 0.621. The van der Waals surface area contributed by atoms with Crippen LogP contribution in [-0.4, -0.2) is 44.8 Å². The third-order valence-corrected chi connectivity index (χ3v) is 7.88. The summed E-state index contributed by atoms with van der Waals surface area (Å²) in [4.78, 5) is 29.8. The number of hydrogen-bond donors (Lipinski definition) is 0. The molecule has 0 spiro atoms. The van der Waals surface area contributed by atoms with Crippen molar-refractivity contribution in [3.8, 4) is 0 Å². The van der Waals surface area contributed by atoms with Crippen molar-refractivity contribution >= 4 is 44.3 Å². The summed E-state index contributed by atoms with van der Waals surface area (Å²) in [5.41, 5.74) is 2.14. The lowest BCUT2D eigenvalue weighted by molar-refractivity contribution is -0.641. The van der Waals surface area contributed by atoms with E-state index in [1.807, 2.05) is 16.2 Å². The monoisotopic (exact) mass is 530 g/mol. The maximum atomic E-state index is 12.6. The predicted octanol–water partition coefficient (Wildman–Crippen LogP) is 5.99. The summed E-state index contributed by atoms with van der Waals surface area (Å²) in [5.74, 6) is -1.30. The van der Waals surface area contributed by atoms with E-state index in [4.69, 9.17) is 9.47 Å². The van der Waals surface area contributed by atoms with Gasteiger partial charge in [0.05, 0.1) is 24.5 Å². The summed E-state index contributed by atoms with van der Waals surface area (Å²) >= 11 is 1.83. The molecule has 2 aromatic rings. The third-order valence-electron chi connectivity index (χ3n) is 6.67. The minimum atomic E-state index is -0.648. The number of unbranched alkanes of at least 4 members (excludes halogenated alkanes) is 6. The van der Waals surface area contributed by atoms with Gasteiger partial charge in [-0.15, -0.1) is 0 Å². The predicted molar refractivity (Wildman–Crippen MR) is 151 cm³/mol. The van der Waals surface area contributed by atoms with E-state index in [2.05, 4.69) is 41.5 Å². The molecule has 0 saturated heterocycles. The number of carbonyl (C=O) groups is 2. The normalized spacial score (nSPS) is 12.5. The Hall–Kier alpha value is -2.61. The summed E-state index contributed by atoms with van der Waals surface area (Å²) in [6.45, 7) is 12.2. The van der Waals surface area contributed by atoms with Crippen molar-refractivity contribution in [1.82, 2.24) is 0 Å². The number of fused-ring (bicyclic) bond motifs is 3. The first-order valence-electron chi connectivity index (χ1n) is 14.1. The van der Waals surface area contributed by atoms with Crippen molar-refractivity contribution < 1.29 is 23.6 Å². The standard InChI is InChI=1S/C29H44N3O4S/c1-5-9-11-13-17-30-19-20-32-25-16-15-23(21-26(25)37-29(30)32)31(18-14-12-10-6-2)22-24(27(33)35-7-3)28(34)36-8-4/h15-16,21-22H,5-14,17-20H2,1-4H3/q+1. The summed E-state index contributed by atoms with van der Waals surface area (Å²) in [6, 6.07) is 6.45. The molecular formula is C29H44N3O4S+. The average Bonchev–Trinajstić information content (AvgIpc) is 3.45. The van der Waals surface area contributed by atoms with E-state index in [0.29, 0.717) is 6.54 Å². The van der Waals surface area contributed by atoms with E-state index in [-0.39, 0.29) is 18.8 Å². The quantitative estimate of drug-likeness (QED) is 0.0664. The second-order valence-corrected chi connectivity index (χ2v) is 10.5. The van der Waals surface area contributed by atoms with Crippen molar-refractivity contribution in [2.45, 2.75) is 85.6 Å². The maximum absolute atomic E-state index is 12.6. The fourth-order valence-corrected chi connectivity index (χ4v) is 5.96. The first kappa shape index (κ1) is 29.0. The van der Waals surface area contributed by atoms with Gasteiger partial charge in [0.15, 0.2) is 5.57 Å². The van der Waals surface area contributed by atoms with Crippen LogP contribution in [0.15, 0.2) is 30.0 Å². The topological polar surface area (TPSA) is 63.0 Å². The van der Waals surface area contributed by atoms with Crippen LogP contribution in [0.2, 0.25) is 0 Å². The lowest BCUT2D eigenvalue weighted by Gasteiger charge is -2.22. The minimum Gasteiger partial charge on any atom is -0.462 e. The van der Waals surface area contributed by atoms with Crippen LogP contribution in [-0.2, 0) is 25.6 Å². The van der Waals surface area contributed by atoms with Crippen LogP contribution in [0.4, 0.5) is 10.8 Å². The second kappa shape index (κ2) is 15.0. The number of esters is 2. The highest BCUT2D eigenvalue weighted by Gasteiger charge is 2.32. The molecule has 0 amide bonds. The Balaban J connectivity index is 1.91. The molecule has 204 valence electrons. The van der Waals surface area contributed by atoms with E-state index in [1.54, 1.807) is 20.0 Å². The van der Waals surface area contributed by atoms with Gasteiger partial charge in [0.2, 0.25) is 0 Å². The first-order valence-corrected chi connectivity index (χ1v) is 14.9. The largest absolute Gasteiger partial charge is 0.462 e. The number of hydrogen-bond acceptors (Lipinski definition) is 7. The summed E-state index contributed by atoms with van der Waals surface area (Å²) in [6.07, 6.45) is 11.0. The number of aromatic nitrogens is 1. The molecular weight excluding hydrogens is 486 g/mol. The second-order valence-electron chi connectivity index (χ2n) is 9.47. The van der Waals surface area contributed by atoms with E-state index in [9.17, 15) is 9.59 Å². The van der Waals surface area contributed by atoms with Gasteiger partial charge in [0, 0.05) is 18.4 Å². The molecule has 7 nitrogen and oxygen atoms in total. The SMILES string of the molecule is CCCCCCN(C=C(C(=O)OCC)C(=O)OCC)c1ccc2c(c1)sc1[n+]2CCN1CCCCCC. The Kier molecular flexibility index (Phi) is 11.7. The molecule has 0 aliphatic carbocycles. The van der Waals surface area contributed by atoms with Crippen molar-refractivity contribution in [1.29, 1.82) is 0 Å². The number of rotatable bonds is 16. The van der Waals surface area contributed by atoms with Gasteiger partial charge < -0.3 is 14.4 Å². The van der Waals surface area contributed by atoms with Crippen LogP contribution in [0.3, 0.4) is 0 Å². The highest BCUT2D eigenvalue weighted by Crippen LogP contribution is 2.33. The van der Waals surface area contributed by atoms with Crippen LogP contribution < -0.4 is 14.4 Å². The summed E-state index contributed by atoms with van der Waals surface area (Å²) in [5, 5.41) is 1.33. The first-order chi connectivity index (χ1) is 18.0. The Labute approximate surface area is 226 Å². The van der Waals surface area contributed by atoms with Crippen molar-refractivity contribution in [2.75, 3.05) is 42.6 Å². The van der Waals surface area contributed by atoms with Crippen molar-refractivity contribution in [3.05, 3.63) is 30.0 Å². The molecule has 3 rings (SSSR count). The Morgan fingerprint density at radius 3 is 2.30 bits per heavy atom. The highest BCUT2D eigenvalue weighted by molar-refractivity contribution is 7.21. The molecule has 0 saturated carbocycles. The van der Waals surface area contributed by atoms with Gasteiger partial charge in [0.25, 0.3) is 0 Å². The Morgan fingerprint density at radius 1 is 0.973 bits per heavy atom. The molecule has 1 aromatic heterocycles. The van der Waals surface area contributed by atoms with Gasteiger partial charge in [-0.1, -0.05) is 46.0 Å². The lowest BCUT2D eigenvalue weighted by atomic mass is 10.2. The molecule has 1 aromatic carbocycles. The molecule has 37 heavy (non-hydrogen) atoms. The van der Waals surface area contributed by atoms with Crippen LogP contribution >= 0.6 is 11.3 Å². The summed E-state index contributed by atoms with van der Waals surface area (Å²) in [7, 11) is 0. The Bertz CT molecular complexity index is 1040. The average molecular weight is 531 g/mol. The number of thiazole rings is 1. The molecule has 2 heterocycles. The van der Waals surface area contributed by atoms with Gasteiger partial charge in [0.1, 0.15) is 18.6 Å². The lowest BCUT2D eigenvalue weighted by Crippen LogP contribution is -2.29. The molecule has 0 unspecified atom stereocenters. The molecule has 0 N–H and O–H groups in total. The highest BCUT2D eigenvalue weighted by atomic mass is 32.1. The van der Waals surface area contributed by atoms with Crippen molar-refractivity contribution in [2.24, 2.45) is 0 Å². The van der Waals surface area contributed by atoms with Crippen LogP contribution in [0.1, 0.15) is 79.1 Å². The van der Waals surface area contributed by atoms with Crippen LogP contribution in [0.25, 0.3) is 10.2 Å². The van der Waals surface area contributed by atoms with Gasteiger partial charge in [-0.2, -0.15) is 0 Å². The summed E-state index contributed by atoms with van der Waals surface area (Å²) < 4.78 is 14.0. The fourth-order valence-electron chi connectivity index (χ4n) is 4.69. The molecule has 8 heteroatoms. The number of benzene rings is 1. The number of ether oxygens (including phenoxy) is 2. The van der Waals surface area contributed by atoms with Gasteiger partial charge >= 0.3 is 17.1 Å². The third kappa shape index (κ3) is 7.69. The Morgan fingerprint density at radius 2 is 1.65 bits per heavy atom.